The van der Waals surface area contributed by atoms with Crippen molar-refractivity contribution < 1.29 is 22.4 Å². The van der Waals surface area contributed by atoms with Gasteiger partial charge in [0.25, 0.3) is 5.91 Å². The zero-order chi connectivity index (χ0) is 23.3. The molecule has 1 aromatic carbocycles. The Balaban J connectivity index is 1.75. The highest BCUT2D eigenvalue weighted by atomic mass is 19.4. The Morgan fingerprint density at radius 3 is 2.47 bits per heavy atom. The van der Waals surface area contributed by atoms with Crippen LogP contribution in [0.3, 0.4) is 0 Å². The first kappa shape index (κ1) is 24.4. The van der Waals surface area contributed by atoms with Crippen LogP contribution in [0.2, 0.25) is 0 Å². The SMILES string of the molecule is CC(C)C(C)NC(=O)c1ccc(CN(Cc2cccc(C(F)(F)F)c2)C2CCCCC2)o1. The molecule has 0 spiro atoms. The predicted molar refractivity (Wildman–Crippen MR) is 118 cm³/mol. The van der Waals surface area contributed by atoms with Crippen molar-refractivity contribution >= 4 is 5.91 Å². The summed E-state index contributed by atoms with van der Waals surface area (Å²) < 4.78 is 45.3. The molecule has 1 saturated carbocycles. The highest BCUT2D eigenvalue weighted by Gasteiger charge is 2.31. The van der Waals surface area contributed by atoms with E-state index in [0.717, 1.165) is 31.7 Å². The van der Waals surface area contributed by atoms with Gasteiger partial charge in [-0.2, -0.15) is 13.2 Å². The van der Waals surface area contributed by atoms with E-state index in [9.17, 15) is 18.0 Å². The lowest BCUT2D eigenvalue weighted by molar-refractivity contribution is -0.137. The number of carbonyl (C=O) groups is 1. The van der Waals surface area contributed by atoms with Gasteiger partial charge in [0.1, 0.15) is 5.76 Å². The number of nitrogens with one attached hydrogen (secondary N) is 1. The number of amides is 1. The zero-order valence-electron chi connectivity index (χ0n) is 19.0. The second-order valence-corrected chi connectivity index (χ2v) is 9.17. The van der Waals surface area contributed by atoms with Crippen LogP contribution in [-0.4, -0.2) is 22.9 Å². The molecule has 3 rings (SSSR count). The molecular formula is C25H33F3N2O2. The first-order valence-corrected chi connectivity index (χ1v) is 11.4. The largest absolute Gasteiger partial charge is 0.455 e. The number of carbonyl (C=O) groups excluding carboxylic acids is 1. The second-order valence-electron chi connectivity index (χ2n) is 9.17. The molecule has 1 N–H and O–H groups in total. The van der Waals surface area contributed by atoms with E-state index in [4.69, 9.17) is 4.42 Å². The first-order chi connectivity index (χ1) is 15.1. The van der Waals surface area contributed by atoms with Crippen LogP contribution in [0.15, 0.2) is 40.8 Å². The van der Waals surface area contributed by atoms with E-state index in [1.54, 1.807) is 18.2 Å². The summed E-state index contributed by atoms with van der Waals surface area (Å²) in [5.74, 6) is 0.960. The lowest BCUT2D eigenvalue weighted by Crippen LogP contribution is -2.36. The fraction of sp³-hybridized carbons (Fsp3) is 0.560. The van der Waals surface area contributed by atoms with Crippen molar-refractivity contribution in [2.24, 2.45) is 5.92 Å². The van der Waals surface area contributed by atoms with Gasteiger partial charge in [-0.15, -0.1) is 0 Å². The summed E-state index contributed by atoms with van der Waals surface area (Å²) in [6.45, 7) is 6.88. The van der Waals surface area contributed by atoms with Crippen molar-refractivity contribution in [1.82, 2.24) is 10.2 Å². The fourth-order valence-corrected chi connectivity index (χ4v) is 4.07. The maximum absolute atomic E-state index is 13.2. The maximum Gasteiger partial charge on any atom is 0.416 e. The first-order valence-electron chi connectivity index (χ1n) is 11.4. The number of rotatable bonds is 8. The quantitative estimate of drug-likeness (QED) is 0.506. The van der Waals surface area contributed by atoms with E-state index in [1.165, 1.54) is 18.6 Å². The molecule has 2 aromatic rings. The third-order valence-corrected chi connectivity index (χ3v) is 6.33. The van der Waals surface area contributed by atoms with Gasteiger partial charge in [0, 0.05) is 18.6 Å². The standard InChI is InChI=1S/C25H33F3N2O2/c1-17(2)18(3)29-24(31)23-13-12-22(32-23)16-30(21-10-5-4-6-11-21)15-19-8-7-9-20(14-19)25(26,27)28/h7-9,12-14,17-18,21H,4-6,10-11,15-16H2,1-3H3,(H,29,31). The van der Waals surface area contributed by atoms with Crippen LogP contribution in [0.5, 0.6) is 0 Å². The molecule has 7 heteroatoms. The van der Waals surface area contributed by atoms with Crippen LogP contribution in [0.1, 0.15) is 80.3 Å². The third-order valence-electron chi connectivity index (χ3n) is 6.33. The predicted octanol–water partition coefficient (Wildman–Crippen LogP) is 6.41. The Hall–Kier alpha value is -2.28. The molecule has 1 aliphatic carbocycles. The molecule has 4 nitrogen and oxygen atoms in total. The monoisotopic (exact) mass is 450 g/mol. The summed E-state index contributed by atoms with van der Waals surface area (Å²) in [5, 5.41) is 2.93. The van der Waals surface area contributed by atoms with Gasteiger partial charge in [-0.25, -0.2) is 0 Å². The smallest absolute Gasteiger partial charge is 0.416 e. The molecule has 1 unspecified atom stereocenters. The third kappa shape index (κ3) is 6.61. The Labute approximate surface area is 188 Å². The topological polar surface area (TPSA) is 45.5 Å². The van der Waals surface area contributed by atoms with E-state index < -0.39 is 11.7 Å². The van der Waals surface area contributed by atoms with Gasteiger partial charge in [0.2, 0.25) is 0 Å². The molecule has 1 heterocycles. The van der Waals surface area contributed by atoms with Gasteiger partial charge in [-0.3, -0.25) is 9.69 Å². The van der Waals surface area contributed by atoms with Crippen molar-refractivity contribution in [3.05, 3.63) is 59.0 Å². The Bertz CT molecular complexity index is 885. The number of nitrogens with zero attached hydrogens (tertiary/aromatic N) is 1. The Morgan fingerprint density at radius 1 is 1.09 bits per heavy atom. The summed E-state index contributed by atoms with van der Waals surface area (Å²) in [6.07, 6.45) is 1.08. The molecular weight excluding hydrogens is 417 g/mol. The summed E-state index contributed by atoms with van der Waals surface area (Å²) in [6, 6.07) is 9.28. The summed E-state index contributed by atoms with van der Waals surface area (Å²) in [7, 11) is 0. The Kier molecular flexibility index (Phi) is 8.04. The number of furan rings is 1. The van der Waals surface area contributed by atoms with Crippen LogP contribution in [-0.2, 0) is 19.3 Å². The van der Waals surface area contributed by atoms with Gasteiger partial charge >= 0.3 is 6.18 Å². The average Bonchev–Trinajstić information content (AvgIpc) is 3.22. The van der Waals surface area contributed by atoms with Crippen LogP contribution in [0, 0.1) is 5.92 Å². The van der Waals surface area contributed by atoms with Gasteiger partial charge in [0.15, 0.2) is 5.76 Å². The van der Waals surface area contributed by atoms with Gasteiger partial charge in [-0.1, -0.05) is 51.3 Å². The molecule has 0 aliphatic heterocycles. The van der Waals surface area contributed by atoms with Gasteiger partial charge in [-0.05, 0) is 49.4 Å². The highest BCUT2D eigenvalue weighted by molar-refractivity contribution is 5.91. The summed E-state index contributed by atoms with van der Waals surface area (Å²) in [4.78, 5) is 14.6. The lowest BCUT2D eigenvalue weighted by atomic mass is 9.93. The van der Waals surface area contributed by atoms with Crippen molar-refractivity contribution in [3.8, 4) is 0 Å². The molecule has 0 radical (unpaired) electrons. The number of alkyl halides is 3. The lowest BCUT2D eigenvalue weighted by Gasteiger charge is -2.34. The van der Waals surface area contributed by atoms with Crippen molar-refractivity contribution in [2.75, 3.05) is 0 Å². The summed E-state index contributed by atoms with van der Waals surface area (Å²) in [5.41, 5.74) is -0.00417. The number of hydrogen-bond acceptors (Lipinski definition) is 3. The molecule has 176 valence electrons. The Morgan fingerprint density at radius 2 is 1.81 bits per heavy atom. The van der Waals surface area contributed by atoms with Crippen molar-refractivity contribution in [1.29, 1.82) is 0 Å². The molecule has 1 aromatic heterocycles. The minimum Gasteiger partial charge on any atom is -0.455 e. The van der Waals surface area contributed by atoms with Gasteiger partial charge in [0.05, 0.1) is 12.1 Å². The normalized spacial score (nSPS) is 16.5. The van der Waals surface area contributed by atoms with E-state index in [2.05, 4.69) is 10.2 Å². The molecule has 1 atom stereocenters. The second kappa shape index (κ2) is 10.6. The van der Waals surface area contributed by atoms with E-state index in [-0.39, 0.29) is 23.8 Å². The number of benzene rings is 1. The van der Waals surface area contributed by atoms with E-state index in [0.29, 0.717) is 30.3 Å². The number of halogens is 3. The minimum atomic E-state index is -4.36. The molecule has 0 bridgehead atoms. The summed E-state index contributed by atoms with van der Waals surface area (Å²) >= 11 is 0. The van der Waals surface area contributed by atoms with Crippen LogP contribution < -0.4 is 5.32 Å². The van der Waals surface area contributed by atoms with E-state index in [1.807, 2.05) is 20.8 Å². The maximum atomic E-state index is 13.2. The molecule has 1 aliphatic rings. The van der Waals surface area contributed by atoms with Crippen molar-refractivity contribution in [2.45, 2.75) is 84.2 Å². The molecule has 1 fully saturated rings. The fourth-order valence-electron chi connectivity index (χ4n) is 4.07. The van der Waals surface area contributed by atoms with Crippen LogP contribution in [0.25, 0.3) is 0 Å². The average molecular weight is 451 g/mol. The molecule has 1 amide bonds. The highest BCUT2D eigenvalue weighted by Crippen LogP contribution is 2.31. The number of hydrogen-bond donors (Lipinski definition) is 1. The molecule has 0 saturated heterocycles. The zero-order valence-corrected chi connectivity index (χ0v) is 19.0. The van der Waals surface area contributed by atoms with Crippen molar-refractivity contribution in [3.63, 3.8) is 0 Å². The minimum absolute atomic E-state index is 0.0238. The van der Waals surface area contributed by atoms with Crippen LogP contribution in [0.4, 0.5) is 13.2 Å². The van der Waals surface area contributed by atoms with Crippen LogP contribution >= 0.6 is 0 Å². The van der Waals surface area contributed by atoms with E-state index >= 15 is 0 Å². The van der Waals surface area contributed by atoms with Gasteiger partial charge < -0.3 is 9.73 Å². The molecule has 32 heavy (non-hydrogen) atoms.